The van der Waals surface area contributed by atoms with Crippen molar-refractivity contribution in [3.63, 3.8) is 0 Å². The Kier molecular flexibility index (Phi) is 4.44. The summed E-state index contributed by atoms with van der Waals surface area (Å²) in [5.74, 6) is 1.77. The molecule has 0 bridgehead atoms. The molecule has 142 valence electrons. The number of hydrogen-bond donors (Lipinski definition) is 0. The fourth-order valence-corrected chi connectivity index (χ4v) is 5.70. The van der Waals surface area contributed by atoms with Gasteiger partial charge >= 0.3 is 0 Å². The number of aromatic nitrogens is 3. The topological polar surface area (TPSA) is 74.1 Å². The Hall–Kier alpha value is -2.58. The number of aryl methyl sites for hydroxylation is 2. The Bertz CT molecular complexity index is 1220. The van der Waals surface area contributed by atoms with Crippen LogP contribution >= 0.6 is 23.1 Å². The summed E-state index contributed by atoms with van der Waals surface area (Å²) in [6.45, 7) is 4.23. The van der Waals surface area contributed by atoms with Crippen LogP contribution < -0.4 is 5.56 Å². The smallest absolute Gasteiger partial charge is 0.263 e. The minimum Gasteiger partial charge on any atom is -0.461 e. The zero-order chi connectivity index (χ0) is 19.1. The van der Waals surface area contributed by atoms with Crippen molar-refractivity contribution in [2.75, 3.05) is 0 Å². The predicted octanol–water partition coefficient (Wildman–Crippen LogP) is 4.67. The third kappa shape index (κ3) is 2.93. The number of allylic oxidation sites excluding steroid dienone is 1. The van der Waals surface area contributed by atoms with E-state index in [1.807, 2.05) is 12.1 Å². The quantitative estimate of drug-likeness (QED) is 0.261. The van der Waals surface area contributed by atoms with Gasteiger partial charge in [0.05, 0.1) is 17.3 Å². The molecule has 0 saturated heterocycles. The third-order valence-corrected chi connectivity index (χ3v) is 6.97. The van der Waals surface area contributed by atoms with Crippen LogP contribution in [0.4, 0.5) is 0 Å². The van der Waals surface area contributed by atoms with Crippen molar-refractivity contribution < 1.29 is 8.94 Å². The standard InChI is InChI=1S/C20H17N3O3S2/c1-2-8-23-19(24)17-13-5-3-7-16(13)28-18(17)21-20(23)27-11-12-10-15(26-22-12)14-6-4-9-25-14/h2,4,6,9-10H,1,3,5,7-8,11H2. The monoisotopic (exact) mass is 411 g/mol. The van der Waals surface area contributed by atoms with Crippen LogP contribution in [0.1, 0.15) is 22.6 Å². The largest absolute Gasteiger partial charge is 0.461 e. The second-order valence-corrected chi connectivity index (χ2v) is 8.61. The van der Waals surface area contributed by atoms with Gasteiger partial charge < -0.3 is 8.94 Å². The normalized spacial score (nSPS) is 13.3. The first-order chi connectivity index (χ1) is 13.7. The van der Waals surface area contributed by atoms with Crippen molar-refractivity contribution in [1.82, 2.24) is 14.7 Å². The second-order valence-electron chi connectivity index (χ2n) is 6.58. The van der Waals surface area contributed by atoms with Gasteiger partial charge in [-0.25, -0.2) is 4.98 Å². The Balaban J connectivity index is 1.47. The molecule has 0 aromatic carbocycles. The number of furan rings is 1. The number of nitrogens with zero attached hydrogens (tertiary/aromatic N) is 3. The molecule has 0 fully saturated rings. The summed E-state index contributed by atoms with van der Waals surface area (Å²) in [6, 6.07) is 5.47. The van der Waals surface area contributed by atoms with Crippen molar-refractivity contribution in [2.45, 2.75) is 36.7 Å². The summed E-state index contributed by atoms with van der Waals surface area (Å²) in [5, 5.41) is 5.58. The number of thioether (sulfide) groups is 1. The summed E-state index contributed by atoms with van der Waals surface area (Å²) < 4.78 is 12.4. The van der Waals surface area contributed by atoms with Crippen LogP contribution in [0.25, 0.3) is 21.7 Å². The van der Waals surface area contributed by atoms with E-state index in [0.29, 0.717) is 29.0 Å². The first-order valence-corrected chi connectivity index (χ1v) is 10.8. The van der Waals surface area contributed by atoms with Crippen molar-refractivity contribution >= 4 is 33.3 Å². The number of thiophene rings is 1. The minimum atomic E-state index is 0.0308. The van der Waals surface area contributed by atoms with E-state index in [1.54, 1.807) is 34.3 Å². The van der Waals surface area contributed by atoms with Crippen molar-refractivity contribution in [1.29, 1.82) is 0 Å². The molecule has 6 nitrogen and oxygen atoms in total. The van der Waals surface area contributed by atoms with Crippen molar-refractivity contribution in [3.05, 3.63) is 63.6 Å². The van der Waals surface area contributed by atoms with Gasteiger partial charge in [-0.1, -0.05) is 23.0 Å². The predicted molar refractivity (Wildman–Crippen MR) is 110 cm³/mol. The molecule has 1 aliphatic carbocycles. The van der Waals surface area contributed by atoms with Crippen LogP contribution in [-0.2, 0) is 25.1 Å². The lowest BCUT2D eigenvalue weighted by Gasteiger charge is -2.09. The lowest BCUT2D eigenvalue weighted by atomic mass is 10.2. The van der Waals surface area contributed by atoms with E-state index in [-0.39, 0.29) is 5.56 Å². The van der Waals surface area contributed by atoms with Gasteiger partial charge in [0, 0.05) is 23.2 Å². The van der Waals surface area contributed by atoms with Crippen LogP contribution in [0.3, 0.4) is 0 Å². The molecule has 1 aliphatic rings. The van der Waals surface area contributed by atoms with Crippen molar-refractivity contribution in [3.8, 4) is 11.5 Å². The highest BCUT2D eigenvalue weighted by molar-refractivity contribution is 7.98. The Labute approximate surface area is 168 Å². The van der Waals surface area contributed by atoms with E-state index >= 15 is 0 Å². The molecular formula is C20H17N3O3S2. The van der Waals surface area contributed by atoms with Gasteiger partial charge in [0.25, 0.3) is 5.56 Å². The summed E-state index contributed by atoms with van der Waals surface area (Å²) in [7, 11) is 0. The zero-order valence-corrected chi connectivity index (χ0v) is 16.6. The first-order valence-electron chi connectivity index (χ1n) is 9.03. The number of hydrogen-bond acceptors (Lipinski definition) is 7. The van der Waals surface area contributed by atoms with E-state index in [1.165, 1.54) is 22.2 Å². The fourth-order valence-electron chi connectivity index (χ4n) is 3.51. The molecule has 0 amide bonds. The molecule has 28 heavy (non-hydrogen) atoms. The van der Waals surface area contributed by atoms with Crippen molar-refractivity contribution in [2.24, 2.45) is 0 Å². The van der Waals surface area contributed by atoms with Crippen LogP contribution in [0.2, 0.25) is 0 Å². The lowest BCUT2D eigenvalue weighted by Crippen LogP contribution is -2.22. The maximum atomic E-state index is 13.2. The van der Waals surface area contributed by atoms with E-state index in [4.69, 9.17) is 13.9 Å². The molecule has 0 N–H and O–H groups in total. The average molecular weight is 412 g/mol. The second kappa shape index (κ2) is 7.10. The van der Waals surface area contributed by atoms with Crippen LogP contribution in [0.15, 0.2) is 56.0 Å². The van der Waals surface area contributed by atoms with E-state index in [9.17, 15) is 4.79 Å². The molecule has 5 rings (SSSR count). The van der Waals surface area contributed by atoms with Gasteiger partial charge in [-0.3, -0.25) is 9.36 Å². The third-order valence-electron chi connectivity index (χ3n) is 4.77. The molecule has 4 aromatic rings. The Morgan fingerprint density at radius 1 is 1.36 bits per heavy atom. The highest BCUT2D eigenvalue weighted by atomic mass is 32.2. The van der Waals surface area contributed by atoms with Gasteiger partial charge in [-0.05, 0) is 37.0 Å². The lowest BCUT2D eigenvalue weighted by molar-refractivity contribution is 0.413. The summed E-state index contributed by atoms with van der Waals surface area (Å²) >= 11 is 3.13. The van der Waals surface area contributed by atoms with Gasteiger partial charge in [-0.15, -0.1) is 17.9 Å². The molecular weight excluding hydrogens is 394 g/mol. The molecule has 0 spiro atoms. The Morgan fingerprint density at radius 3 is 3.11 bits per heavy atom. The average Bonchev–Trinajstić information content (AvgIpc) is 3.46. The molecule has 0 saturated carbocycles. The van der Waals surface area contributed by atoms with Gasteiger partial charge in [0.15, 0.2) is 10.9 Å². The number of fused-ring (bicyclic) bond motifs is 3. The van der Waals surface area contributed by atoms with Crippen LogP contribution in [0, 0.1) is 0 Å². The number of rotatable bonds is 6. The van der Waals surface area contributed by atoms with E-state index < -0.39 is 0 Å². The minimum absolute atomic E-state index is 0.0308. The molecule has 0 radical (unpaired) electrons. The maximum absolute atomic E-state index is 13.2. The highest BCUT2D eigenvalue weighted by Crippen LogP contribution is 2.36. The Morgan fingerprint density at radius 2 is 2.29 bits per heavy atom. The first kappa shape index (κ1) is 17.5. The summed E-state index contributed by atoms with van der Waals surface area (Å²) in [6.07, 6.45) is 6.47. The van der Waals surface area contributed by atoms with E-state index in [0.717, 1.165) is 35.2 Å². The summed E-state index contributed by atoms with van der Waals surface area (Å²) in [4.78, 5) is 20.1. The van der Waals surface area contributed by atoms with Gasteiger partial charge in [0.2, 0.25) is 5.76 Å². The van der Waals surface area contributed by atoms with Crippen LogP contribution in [-0.4, -0.2) is 14.7 Å². The SMILES string of the molecule is C=CCn1c(SCc2cc(-c3ccco3)on2)nc2sc3c(c2c1=O)CCC3. The fraction of sp³-hybridized carbons (Fsp3) is 0.250. The molecule has 0 atom stereocenters. The summed E-state index contributed by atoms with van der Waals surface area (Å²) in [5.41, 5.74) is 2.00. The van der Waals surface area contributed by atoms with Crippen LogP contribution in [0.5, 0.6) is 0 Å². The molecule has 0 unspecified atom stereocenters. The van der Waals surface area contributed by atoms with Gasteiger partial charge in [0.1, 0.15) is 4.83 Å². The highest BCUT2D eigenvalue weighted by Gasteiger charge is 2.23. The van der Waals surface area contributed by atoms with Gasteiger partial charge in [-0.2, -0.15) is 0 Å². The molecule has 4 heterocycles. The molecule has 0 aliphatic heterocycles. The van der Waals surface area contributed by atoms with E-state index in [2.05, 4.69) is 11.7 Å². The maximum Gasteiger partial charge on any atom is 0.263 e. The molecule has 8 heteroatoms. The zero-order valence-electron chi connectivity index (χ0n) is 15.0. The molecule has 4 aromatic heterocycles.